The highest BCUT2D eigenvalue weighted by atomic mass is 16.5. The van der Waals surface area contributed by atoms with E-state index in [1.54, 1.807) is 12.3 Å². The zero-order chi connectivity index (χ0) is 47.8. The largest absolute Gasteiger partial charge is 0.457 e. The number of hydrogen-bond acceptors (Lipinski definition) is 4. The summed E-state index contributed by atoms with van der Waals surface area (Å²) in [5, 5.41) is 2.05. The molecule has 5 nitrogen and oxygen atoms in total. The molecule has 0 fully saturated rings. The second-order valence-electron chi connectivity index (χ2n) is 20.0. The van der Waals surface area contributed by atoms with E-state index < -0.39 is 6.85 Å². The van der Waals surface area contributed by atoms with Crippen molar-refractivity contribution < 1.29 is 8.85 Å². The number of anilines is 4. The molecule has 10 rings (SSSR count). The minimum atomic E-state index is -2.41. The van der Waals surface area contributed by atoms with E-state index in [2.05, 4.69) is 179 Å². The molecule has 7 aromatic carbocycles. The quantitative estimate of drug-likeness (QED) is 0.152. The summed E-state index contributed by atoms with van der Waals surface area (Å²) in [5.74, 6) is 1.88. The van der Waals surface area contributed by atoms with E-state index in [9.17, 15) is 0 Å². The fourth-order valence-corrected chi connectivity index (χ4v) is 9.29. The molecule has 0 saturated heterocycles. The number of ether oxygens (including phenoxy) is 1. The second-order valence-corrected chi connectivity index (χ2v) is 20.0. The lowest BCUT2D eigenvalue weighted by Crippen LogP contribution is -2.25. The van der Waals surface area contributed by atoms with E-state index in [4.69, 9.17) is 13.8 Å². The Morgan fingerprint density at radius 3 is 1.86 bits per heavy atom. The second kappa shape index (κ2) is 15.8. The molecule has 0 unspecified atom stereocenters. The fraction of sp³-hybridized carbons (Fsp3) is 0.217. The maximum atomic E-state index is 8.79. The number of pyridine rings is 1. The van der Waals surface area contributed by atoms with Crippen molar-refractivity contribution >= 4 is 44.6 Å². The molecule has 65 heavy (non-hydrogen) atoms. The number of benzene rings is 7. The van der Waals surface area contributed by atoms with Crippen LogP contribution >= 0.6 is 0 Å². The minimum absolute atomic E-state index is 0.00612. The Morgan fingerprint density at radius 1 is 0.508 bits per heavy atom. The predicted molar refractivity (Wildman–Crippen MR) is 273 cm³/mol. The third-order valence-electron chi connectivity index (χ3n) is 13.2. The summed E-state index contributed by atoms with van der Waals surface area (Å²) >= 11 is 0. The van der Waals surface area contributed by atoms with Gasteiger partial charge in [0.05, 0.1) is 22.4 Å². The van der Waals surface area contributed by atoms with Crippen LogP contribution in [0.1, 0.15) is 87.3 Å². The summed E-state index contributed by atoms with van der Waals surface area (Å²) in [5.41, 5.74) is 12.5. The number of para-hydroxylation sites is 3. The van der Waals surface area contributed by atoms with Crippen molar-refractivity contribution in [3.8, 4) is 28.4 Å². The highest BCUT2D eigenvalue weighted by molar-refractivity contribution is 6.09. The first-order chi connectivity index (χ1) is 32.3. The van der Waals surface area contributed by atoms with Crippen LogP contribution in [0.5, 0.6) is 11.5 Å². The maximum absolute atomic E-state index is 8.79. The van der Waals surface area contributed by atoms with Gasteiger partial charge in [-0.2, -0.15) is 0 Å². The van der Waals surface area contributed by atoms with Crippen LogP contribution in [0.25, 0.3) is 38.8 Å². The molecule has 0 bridgehead atoms. The van der Waals surface area contributed by atoms with Gasteiger partial charge in [0.15, 0.2) is 0 Å². The van der Waals surface area contributed by atoms with Crippen LogP contribution in [0.4, 0.5) is 22.7 Å². The molecule has 1 aliphatic rings. The summed E-state index contributed by atoms with van der Waals surface area (Å²) in [6.45, 7) is 16.3. The first-order valence-corrected chi connectivity index (χ1v) is 22.6. The molecule has 0 radical (unpaired) electrons. The molecular formula is C60H58N4O. The van der Waals surface area contributed by atoms with Gasteiger partial charge in [-0.3, -0.25) is 4.57 Å². The lowest BCUT2D eigenvalue weighted by atomic mass is 9.77. The topological polar surface area (TPSA) is 33.5 Å². The first kappa shape index (κ1) is 38.4. The van der Waals surface area contributed by atoms with Crippen molar-refractivity contribution in [1.82, 2.24) is 9.55 Å². The van der Waals surface area contributed by atoms with Gasteiger partial charge in [0.25, 0.3) is 0 Å². The number of fused-ring (bicyclic) bond motifs is 4. The van der Waals surface area contributed by atoms with Crippen LogP contribution in [0.15, 0.2) is 176 Å². The number of nitrogens with zero attached hydrogens (tertiary/aromatic N) is 4. The molecule has 5 heteroatoms. The Labute approximate surface area is 388 Å². The van der Waals surface area contributed by atoms with Gasteiger partial charge in [0, 0.05) is 55.6 Å². The van der Waals surface area contributed by atoms with Gasteiger partial charge in [0.1, 0.15) is 24.0 Å². The van der Waals surface area contributed by atoms with Crippen molar-refractivity contribution in [3.63, 3.8) is 0 Å². The Bertz CT molecular complexity index is 3320. The van der Waals surface area contributed by atoms with Gasteiger partial charge in [-0.05, 0) is 112 Å². The summed E-state index contributed by atoms with van der Waals surface area (Å²) in [4.78, 5) is 9.80. The van der Waals surface area contributed by atoms with Crippen LogP contribution in [0, 0.1) is 6.85 Å². The Balaban J connectivity index is 1.00. The number of hydrogen-bond donors (Lipinski definition) is 0. The van der Waals surface area contributed by atoms with Gasteiger partial charge < -0.3 is 14.5 Å². The molecule has 0 spiro atoms. The van der Waals surface area contributed by atoms with Crippen molar-refractivity contribution in [1.29, 1.82) is 0 Å². The van der Waals surface area contributed by atoms with E-state index in [-0.39, 0.29) is 21.8 Å². The molecule has 0 aliphatic carbocycles. The molecule has 1 aliphatic heterocycles. The molecule has 0 N–H and O–H groups in total. The normalized spacial score (nSPS) is 14.1. The third kappa shape index (κ3) is 7.73. The van der Waals surface area contributed by atoms with Gasteiger partial charge >= 0.3 is 0 Å². The van der Waals surface area contributed by atoms with Crippen LogP contribution in [0.2, 0.25) is 0 Å². The molecule has 3 heterocycles. The lowest BCUT2D eigenvalue weighted by molar-refractivity contribution is 0.483. The van der Waals surface area contributed by atoms with E-state index in [0.717, 1.165) is 50.0 Å². The fourth-order valence-electron chi connectivity index (χ4n) is 9.29. The average Bonchev–Trinajstić information content (AvgIpc) is 3.87. The van der Waals surface area contributed by atoms with Crippen LogP contribution in [0.3, 0.4) is 0 Å². The highest BCUT2D eigenvalue weighted by Crippen LogP contribution is 2.47. The van der Waals surface area contributed by atoms with Gasteiger partial charge in [0.2, 0.25) is 0 Å². The summed E-state index contributed by atoms with van der Waals surface area (Å²) in [6.07, 6.45) is 1.72. The molecule has 0 saturated carbocycles. The zero-order valence-electron chi connectivity index (χ0n) is 41.6. The third-order valence-corrected chi connectivity index (χ3v) is 13.2. The minimum Gasteiger partial charge on any atom is -0.457 e. The summed E-state index contributed by atoms with van der Waals surface area (Å²) in [7, 11) is 0. The molecule has 2 aromatic heterocycles. The van der Waals surface area contributed by atoms with Crippen LogP contribution in [-0.4, -0.2) is 16.2 Å². The standard InChI is InChI=1S/C60H58N4O/c1-40-31-57(61-38-52(40)41-19-17-22-43(32-41)60(8,9)42-20-11-10-12-21-42)64-53-26-14-13-25-50(53)51-30-29-49(37-56(51)64)65-48-24-18-23-46(36-48)62-39-63(55-28-16-15-27-54(55)62)47-34-44(58(2,3)4)33-45(35-47)59(5,6)7/h10-38H,39H2,1-9H3/i1D3. The van der Waals surface area contributed by atoms with Crippen molar-refractivity contribution in [2.75, 3.05) is 16.5 Å². The highest BCUT2D eigenvalue weighted by Gasteiger charge is 2.31. The first-order valence-electron chi connectivity index (χ1n) is 24.1. The Morgan fingerprint density at radius 2 is 1.14 bits per heavy atom. The van der Waals surface area contributed by atoms with Crippen LogP contribution < -0.4 is 14.5 Å². The van der Waals surface area contributed by atoms with E-state index in [1.807, 2.05) is 54.6 Å². The molecule has 0 atom stereocenters. The van der Waals surface area contributed by atoms with Crippen molar-refractivity contribution in [2.24, 2.45) is 0 Å². The molecular weight excluding hydrogens is 793 g/mol. The smallest absolute Gasteiger partial charge is 0.137 e. The van der Waals surface area contributed by atoms with Crippen LogP contribution in [-0.2, 0) is 16.2 Å². The number of aromatic nitrogens is 2. The maximum Gasteiger partial charge on any atom is 0.137 e. The number of rotatable bonds is 8. The molecule has 324 valence electrons. The number of aryl methyl sites for hydroxylation is 1. The Kier molecular flexibility index (Phi) is 9.35. The van der Waals surface area contributed by atoms with Gasteiger partial charge in [-0.25, -0.2) is 4.98 Å². The summed E-state index contributed by atoms with van der Waals surface area (Å²) < 4.78 is 35.2. The van der Waals surface area contributed by atoms with E-state index in [0.29, 0.717) is 29.5 Å². The van der Waals surface area contributed by atoms with E-state index >= 15 is 0 Å². The van der Waals surface area contributed by atoms with Gasteiger partial charge in [-0.15, -0.1) is 0 Å². The zero-order valence-corrected chi connectivity index (χ0v) is 38.6. The Hall–Kier alpha value is -7.11. The average molecular weight is 854 g/mol. The monoisotopic (exact) mass is 853 g/mol. The molecule has 0 amide bonds. The SMILES string of the molecule is [2H]C([2H])([2H])c1cc(-n2c3ccccc3c3ccc(Oc4cccc(N5CN(c6cc(C(C)(C)C)cc(C(C)(C)C)c6)c6ccccc65)c4)cc32)ncc1-c1cccc(C(C)(C)c2ccccc2)c1. The van der Waals surface area contributed by atoms with Gasteiger partial charge in [-0.1, -0.05) is 152 Å². The van der Waals surface area contributed by atoms with Crippen molar-refractivity contribution in [3.05, 3.63) is 204 Å². The molecule has 9 aromatic rings. The van der Waals surface area contributed by atoms with E-state index in [1.165, 1.54) is 22.4 Å². The predicted octanol–water partition coefficient (Wildman–Crippen LogP) is 16.1. The lowest BCUT2D eigenvalue weighted by Gasteiger charge is -2.29. The summed E-state index contributed by atoms with van der Waals surface area (Å²) in [6, 6.07) is 58.6. The van der Waals surface area contributed by atoms with Crippen molar-refractivity contribution in [2.45, 2.75) is 78.5 Å².